The number of aromatic nitrogens is 1. The topological polar surface area (TPSA) is 63.6 Å². The molecule has 0 atom stereocenters. The van der Waals surface area contributed by atoms with Crippen molar-refractivity contribution in [2.75, 3.05) is 25.4 Å². The van der Waals surface area contributed by atoms with Gasteiger partial charge in [0.2, 0.25) is 0 Å². The summed E-state index contributed by atoms with van der Waals surface area (Å²) in [6.45, 7) is 7.50. The van der Waals surface area contributed by atoms with Gasteiger partial charge < -0.3 is 19.5 Å². The Morgan fingerprint density at radius 3 is 2.47 bits per heavy atom. The van der Waals surface area contributed by atoms with Crippen LogP contribution in [0.2, 0.25) is 0 Å². The molecule has 0 spiro atoms. The van der Waals surface area contributed by atoms with E-state index in [0.29, 0.717) is 25.3 Å². The normalized spacial score (nSPS) is 15.1. The number of amides is 2. The molecule has 162 valence electrons. The fourth-order valence-corrected chi connectivity index (χ4v) is 4.29. The van der Waals surface area contributed by atoms with E-state index in [1.165, 1.54) is 4.90 Å². The molecular formula is C23H31N3O3S. The molecular weight excluding hydrogens is 398 g/mol. The van der Waals surface area contributed by atoms with Crippen LogP contribution in [0.15, 0.2) is 53.6 Å². The maximum absolute atomic E-state index is 12.7. The lowest BCUT2D eigenvalue weighted by Crippen LogP contribution is -2.42. The lowest BCUT2D eigenvalue weighted by Gasteiger charge is -2.34. The van der Waals surface area contributed by atoms with Gasteiger partial charge in [-0.15, -0.1) is 11.8 Å². The van der Waals surface area contributed by atoms with Gasteiger partial charge in [0.05, 0.1) is 0 Å². The molecule has 6 nitrogen and oxygen atoms in total. The first kappa shape index (κ1) is 22.3. The molecule has 1 fully saturated rings. The van der Waals surface area contributed by atoms with Crippen LogP contribution in [0.25, 0.3) is 0 Å². The van der Waals surface area contributed by atoms with Crippen molar-refractivity contribution in [2.24, 2.45) is 0 Å². The second-order valence-corrected chi connectivity index (χ2v) is 9.59. The van der Waals surface area contributed by atoms with Crippen molar-refractivity contribution in [2.45, 2.75) is 50.2 Å². The molecule has 0 aliphatic carbocycles. The van der Waals surface area contributed by atoms with Gasteiger partial charge in [-0.1, -0.05) is 18.2 Å². The molecule has 1 aromatic carbocycles. The van der Waals surface area contributed by atoms with Crippen molar-refractivity contribution >= 4 is 23.8 Å². The quantitative estimate of drug-likeness (QED) is 0.539. The van der Waals surface area contributed by atoms with Crippen molar-refractivity contribution < 1.29 is 14.3 Å². The minimum Gasteiger partial charge on any atom is -0.444 e. The molecule has 1 N–H and O–H groups in total. The molecule has 3 rings (SSSR count). The summed E-state index contributed by atoms with van der Waals surface area (Å²) in [5, 5.41) is 3.02. The van der Waals surface area contributed by atoms with Crippen molar-refractivity contribution in [3.63, 3.8) is 0 Å². The molecule has 2 aromatic rings. The third-order valence-corrected chi connectivity index (χ3v) is 5.93. The second-order valence-electron chi connectivity index (χ2n) is 8.42. The van der Waals surface area contributed by atoms with E-state index in [0.717, 1.165) is 18.6 Å². The zero-order valence-electron chi connectivity index (χ0n) is 18.0. The molecule has 7 heteroatoms. The van der Waals surface area contributed by atoms with Crippen LogP contribution in [0.4, 0.5) is 4.79 Å². The number of nitrogens with one attached hydrogen (secondary N) is 1. The first-order valence-corrected chi connectivity index (χ1v) is 11.4. The van der Waals surface area contributed by atoms with Crippen LogP contribution in [0.1, 0.15) is 50.1 Å². The summed E-state index contributed by atoms with van der Waals surface area (Å²) in [4.78, 5) is 27.9. The highest BCUT2D eigenvalue weighted by Gasteiger charge is 2.28. The van der Waals surface area contributed by atoms with Crippen molar-refractivity contribution in [3.8, 4) is 0 Å². The summed E-state index contributed by atoms with van der Waals surface area (Å²) in [5.74, 6) is 0.772. The SMILES string of the molecule is CC(C)(C)OC(=O)N1CCC(n2cccc2C(=O)NCCSc2ccccc2)CC1. The van der Waals surface area contributed by atoms with Gasteiger partial charge in [0, 0.05) is 42.5 Å². The van der Waals surface area contributed by atoms with Gasteiger partial charge in [-0.05, 0) is 57.9 Å². The minimum atomic E-state index is -0.488. The monoisotopic (exact) mass is 429 g/mol. The Hall–Kier alpha value is -2.41. The zero-order chi connectivity index (χ0) is 21.6. The van der Waals surface area contributed by atoms with E-state index in [4.69, 9.17) is 4.74 Å². The van der Waals surface area contributed by atoms with Gasteiger partial charge in [0.25, 0.3) is 5.91 Å². The van der Waals surface area contributed by atoms with Crippen LogP contribution in [0, 0.1) is 0 Å². The first-order chi connectivity index (χ1) is 14.3. The molecule has 0 bridgehead atoms. The van der Waals surface area contributed by atoms with Crippen LogP contribution in [0.3, 0.4) is 0 Å². The van der Waals surface area contributed by atoms with Crippen molar-refractivity contribution in [1.82, 2.24) is 14.8 Å². The first-order valence-electron chi connectivity index (χ1n) is 10.4. The number of nitrogens with zero attached hydrogens (tertiary/aromatic N) is 2. The van der Waals surface area contributed by atoms with Gasteiger partial charge in [-0.2, -0.15) is 0 Å². The van der Waals surface area contributed by atoms with Gasteiger partial charge in [0.1, 0.15) is 11.3 Å². The second kappa shape index (κ2) is 10.1. The average Bonchev–Trinajstić information content (AvgIpc) is 3.21. The fraction of sp³-hybridized carbons (Fsp3) is 0.478. The summed E-state index contributed by atoms with van der Waals surface area (Å²) < 4.78 is 7.51. The highest BCUT2D eigenvalue weighted by atomic mass is 32.2. The Morgan fingerprint density at radius 1 is 1.10 bits per heavy atom. The number of rotatable bonds is 6. The molecule has 1 aromatic heterocycles. The number of carbonyl (C=O) groups is 2. The third kappa shape index (κ3) is 6.29. The van der Waals surface area contributed by atoms with E-state index in [2.05, 4.69) is 17.4 Å². The van der Waals surface area contributed by atoms with Crippen molar-refractivity contribution in [1.29, 1.82) is 0 Å². The predicted molar refractivity (Wildman–Crippen MR) is 120 cm³/mol. The summed E-state index contributed by atoms with van der Waals surface area (Å²) in [6, 6.07) is 14.1. The van der Waals surface area contributed by atoms with Gasteiger partial charge in [-0.25, -0.2) is 4.79 Å². The molecule has 2 amide bonds. The van der Waals surface area contributed by atoms with Crippen LogP contribution < -0.4 is 5.32 Å². The number of benzene rings is 1. The molecule has 0 saturated carbocycles. The van der Waals surface area contributed by atoms with Crippen LogP contribution >= 0.6 is 11.8 Å². The Bertz CT molecular complexity index is 837. The average molecular weight is 430 g/mol. The van der Waals surface area contributed by atoms with Crippen LogP contribution in [-0.4, -0.2) is 52.5 Å². The van der Waals surface area contributed by atoms with Crippen LogP contribution in [0.5, 0.6) is 0 Å². The fourth-order valence-electron chi connectivity index (χ4n) is 3.50. The summed E-state index contributed by atoms with van der Waals surface area (Å²) in [6.07, 6.45) is 3.31. The smallest absolute Gasteiger partial charge is 0.410 e. The number of ether oxygens (including phenoxy) is 1. The highest BCUT2D eigenvalue weighted by molar-refractivity contribution is 7.99. The summed E-state index contributed by atoms with van der Waals surface area (Å²) in [5.41, 5.74) is 0.189. The Labute approximate surface area is 183 Å². The molecule has 2 heterocycles. The molecule has 0 unspecified atom stereocenters. The number of likely N-dealkylation sites (tertiary alicyclic amines) is 1. The maximum Gasteiger partial charge on any atom is 0.410 e. The van der Waals surface area contributed by atoms with Gasteiger partial charge in [-0.3, -0.25) is 4.79 Å². The molecule has 1 saturated heterocycles. The lowest BCUT2D eigenvalue weighted by atomic mass is 10.0. The number of piperidine rings is 1. The summed E-state index contributed by atoms with van der Waals surface area (Å²) >= 11 is 1.73. The number of thioether (sulfide) groups is 1. The van der Waals surface area contributed by atoms with Crippen molar-refractivity contribution in [3.05, 3.63) is 54.4 Å². The van der Waals surface area contributed by atoms with Gasteiger partial charge in [0.15, 0.2) is 0 Å². The largest absolute Gasteiger partial charge is 0.444 e. The van der Waals surface area contributed by atoms with E-state index in [1.54, 1.807) is 16.7 Å². The summed E-state index contributed by atoms with van der Waals surface area (Å²) in [7, 11) is 0. The number of hydrogen-bond donors (Lipinski definition) is 1. The molecule has 0 radical (unpaired) electrons. The highest BCUT2D eigenvalue weighted by Crippen LogP contribution is 2.26. The maximum atomic E-state index is 12.7. The van der Waals surface area contributed by atoms with Gasteiger partial charge >= 0.3 is 6.09 Å². The third-order valence-electron chi connectivity index (χ3n) is 4.92. The molecule has 1 aliphatic heterocycles. The Balaban J connectivity index is 1.48. The van der Waals surface area contributed by atoms with E-state index < -0.39 is 5.60 Å². The lowest BCUT2D eigenvalue weighted by molar-refractivity contribution is 0.0187. The zero-order valence-corrected chi connectivity index (χ0v) is 18.8. The van der Waals surface area contributed by atoms with E-state index in [9.17, 15) is 9.59 Å². The number of carbonyl (C=O) groups excluding carboxylic acids is 2. The Kier molecular flexibility index (Phi) is 7.48. The van der Waals surface area contributed by atoms with E-state index >= 15 is 0 Å². The standard InChI is InChI=1S/C23H31N3O3S/c1-23(2,3)29-22(28)25-15-11-18(12-16-25)26-14-7-10-20(26)21(27)24-13-17-30-19-8-5-4-6-9-19/h4-10,14,18H,11-13,15-17H2,1-3H3,(H,24,27). The van der Waals surface area contributed by atoms with E-state index in [1.807, 2.05) is 61.9 Å². The minimum absolute atomic E-state index is 0.0526. The van der Waals surface area contributed by atoms with E-state index in [-0.39, 0.29) is 18.0 Å². The Morgan fingerprint density at radius 2 is 1.80 bits per heavy atom. The molecule has 1 aliphatic rings. The predicted octanol–water partition coefficient (Wildman–Crippen LogP) is 4.58. The van der Waals surface area contributed by atoms with Crippen LogP contribution in [-0.2, 0) is 4.74 Å². The molecule has 30 heavy (non-hydrogen) atoms. The number of hydrogen-bond acceptors (Lipinski definition) is 4.